The first-order valence-electron chi connectivity index (χ1n) is 10.2. The highest BCUT2D eigenvalue weighted by atomic mass is 32.1. The lowest BCUT2D eigenvalue weighted by Gasteiger charge is -2.39. The van der Waals surface area contributed by atoms with E-state index in [2.05, 4.69) is 10.3 Å². The average molecular weight is 439 g/mol. The van der Waals surface area contributed by atoms with Crippen molar-refractivity contribution in [1.29, 1.82) is 0 Å². The zero-order valence-corrected chi connectivity index (χ0v) is 17.9. The molecule has 0 spiro atoms. The molecule has 0 bridgehead atoms. The van der Waals surface area contributed by atoms with E-state index in [1.807, 2.05) is 23.7 Å². The molecule has 0 unspecified atom stereocenters. The van der Waals surface area contributed by atoms with E-state index in [1.54, 1.807) is 27.7 Å². The van der Waals surface area contributed by atoms with Gasteiger partial charge in [-0.15, -0.1) is 16.4 Å². The molecule has 3 aromatic heterocycles. The van der Waals surface area contributed by atoms with Gasteiger partial charge in [-0.3, -0.25) is 14.4 Å². The SMILES string of the molecule is Cn1cc(C(=O)N2CC(n3cc(CN4CCCC4=O)nn3)C2)c(-c2cccs2)cc1=O. The van der Waals surface area contributed by atoms with Crippen LogP contribution in [0.25, 0.3) is 10.4 Å². The minimum absolute atomic E-state index is 0.0530. The zero-order valence-electron chi connectivity index (χ0n) is 17.1. The third-order valence-electron chi connectivity index (χ3n) is 5.85. The Morgan fingerprint density at radius 2 is 2.10 bits per heavy atom. The van der Waals surface area contributed by atoms with Gasteiger partial charge in [0.2, 0.25) is 5.91 Å². The number of likely N-dealkylation sites (tertiary alicyclic amines) is 2. The van der Waals surface area contributed by atoms with Gasteiger partial charge in [-0.05, 0) is 17.9 Å². The fourth-order valence-electron chi connectivity index (χ4n) is 4.03. The van der Waals surface area contributed by atoms with Crippen LogP contribution in [0.1, 0.15) is 34.9 Å². The van der Waals surface area contributed by atoms with E-state index >= 15 is 0 Å². The number of nitrogens with zero attached hydrogens (tertiary/aromatic N) is 6. The molecule has 0 aromatic carbocycles. The van der Waals surface area contributed by atoms with Gasteiger partial charge in [0.05, 0.1) is 24.3 Å². The van der Waals surface area contributed by atoms with Gasteiger partial charge >= 0.3 is 0 Å². The largest absolute Gasteiger partial charge is 0.337 e. The molecule has 9 nitrogen and oxygen atoms in total. The molecule has 2 fully saturated rings. The molecular formula is C21H22N6O3S. The summed E-state index contributed by atoms with van der Waals surface area (Å²) in [5, 5.41) is 10.3. The van der Waals surface area contributed by atoms with Crippen molar-refractivity contribution in [2.75, 3.05) is 19.6 Å². The fourth-order valence-corrected chi connectivity index (χ4v) is 4.78. The monoisotopic (exact) mass is 438 g/mol. The predicted octanol–water partition coefficient (Wildman–Crippen LogP) is 1.52. The Kier molecular flexibility index (Phi) is 4.93. The van der Waals surface area contributed by atoms with Crippen molar-refractivity contribution in [1.82, 2.24) is 29.4 Å². The normalized spacial score (nSPS) is 16.7. The Balaban J connectivity index is 1.28. The van der Waals surface area contributed by atoms with Gasteiger partial charge in [-0.1, -0.05) is 11.3 Å². The highest BCUT2D eigenvalue weighted by Gasteiger charge is 2.35. The Labute approximate surface area is 182 Å². The molecule has 0 N–H and O–H groups in total. The topological polar surface area (TPSA) is 93.3 Å². The number of hydrogen-bond donors (Lipinski definition) is 0. The second kappa shape index (κ2) is 7.77. The first-order valence-corrected chi connectivity index (χ1v) is 11.1. The van der Waals surface area contributed by atoms with E-state index in [9.17, 15) is 14.4 Å². The van der Waals surface area contributed by atoms with Crippen LogP contribution in [0.15, 0.2) is 40.8 Å². The number of thiophene rings is 1. The lowest BCUT2D eigenvalue weighted by molar-refractivity contribution is -0.128. The summed E-state index contributed by atoms with van der Waals surface area (Å²) in [6.07, 6.45) is 4.98. The standard InChI is InChI=1S/C21H22N6O3S/c1-24-13-17(16(8-20(24)29)18-4-3-7-31-18)21(30)26-11-15(12-26)27-10-14(22-23-27)9-25-6-2-5-19(25)28/h3-4,7-8,10,13,15H,2,5-6,9,11-12H2,1H3. The number of carbonyl (C=O) groups excluding carboxylic acids is 2. The number of hydrogen-bond acceptors (Lipinski definition) is 6. The number of aromatic nitrogens is 4. The van der Waals surface area contributed by atoms with Gasteiger partial charge in [0.15, 0.2) is 0 Å². The van der Waals surface area contributed by atoms with E-state index < -0.39 is 0 Å². The van der Waals surface area contributed by atoms with Crippen molar-refractivity contribution in [2.45, 2.75) is 25.4 Å². The second-order valence-electron chi connectivity index (χ2n) is 8.00. The Hall–Kier alpha value is -3.27. The van der Waals surface area contributed by atoms with Crippen molar-refractivity contribution < 1.29 is 9.59 Å². The van der Waals surface area contributed by atoms with Gasteiger partial charge in [0.1, 0.15) is 5.69 Å². The second-order valence-corrected chi connectivity index (χ2v) is 8.95. The Morgan fingerprint density at radius 1 is 1.26 bits per heavy atom. The number of pyridine rings is 1. The number of amides is 2. The van der Waals surface area contributed by atoms with Gasteiger partial charge in [-0.2, -0.15) is 0 Å². The van der Waals surface area contributed by atoms with Crippen molar-refractivity contribution in [3.63, 3.8) is 0 Å². The Bertz CT molecular complexity index is 1190. The predicted molar refractivity (Wildman–Crippen MR) is 115 cm³/mol. The molecule has 3 aromatic rings. The van der Waals surface area contributed by atoms with Crippen LogP contribution in [0.3, 0.4) is 0 Å². The lowest BCUT2D eigenvalue weighted by atomic mass is 10.0. The van der Waals surface area contributed by atoms with Crippen LogP contribution >= 0.6 is 11.3 Å². The maximum atomic E-state index is 13.2. The summed E-state index contributed by atoms with van der Waals surface area (Å²) >= 11 is 1.50. The van der Waals surface area contributed by atoms with Crippen LogP contribution in [0, 0.1) is 0 Å². The molecule has 2 amide bonds. The van der Waals surface area contributed by atoms with Gasteiger partial charge in [-0.25, -0.2) is 4.68 Å². The molecule has 5 heterocycles. The molecule has 5 rings (SSSR count). The summed E-state index contributed by atoms with van der Waals surface area (Å²) in [5.74, 6) is 0.0621. The Morgan fingerprint density at radius 3 is 2.81 bits per heavy atom. The summed E-state index contributed by atoms with van der Waals surface area (Å²) in [6.45, 7) is 2.30. The maximum absolute atomic E-state index is 13.2. The molecule has 31 heavy (non-hydrogen) atoms. The molecule has 10 heteroatoms. The summed E-state index contributed by atoms with van der Waals surface area (Å²) in [4.78, 5) is 41.6. The molecule has 0 saturated carbocycles. The van der Waals surface area contributed by atoms with Crippen molar-refractivity contribution in [3.05, 3.63) is 57.6 Å². The van der Waals surface area contributed by atoms with Crippen LogP contribution in [0.2, 0.25) is 0 Å². The van der Waals surface area contributed by atoms with E-state index in [0.29, 0.717) is 37.2 Å². The molecule has 0 aliphatic carbocycles. The average Bonchev–Trinajstić information content (AvgIpc) is 3.46. The summed E-state index contributed by atoms with van der Waals surface area (Å²) < 4.78 is 3.21. The first-order chi connectivity index (χ1) is 15.0. The highest BCUT2D eigenvalue weighted by molar-refractivity contribution is 7.13. The molecule has 0 atom stereocenters. The van der Waals surface area contributed by atoms with Crippen molar-refractivity contribution >= 4 is 23.2 Å². The molecule has 2 aliphatic heterocycles. The third-order valence-corrected chi connectivity index (χ3v) is 6.75. The summed E-state index contributed by atoms with van der Waals surface area (Å²) in [5.41, 5.74) is 1.81. The minimum Gasteiger partial charge on any atom is -0.337 e. The smallest absolute Gasteiger partial charge is 0.256 e. The summed E-state index contributed by atoms with van der Waals surface area (Å²) in [6, 6.07) is 5.40. The highest BCUT2D eigenvalue weighted by Crippen LogP contribution is 2.30. The van der Waals surface area contributed by atoms with Crippen molar-refractivity contribution in [3.8, 4) is 10.4 Å². The summed E-state index contributed by atoms with van der Waals surface area (Å²) in [7, 11) is 1.65. The van der Waals surface area contributed by atoms with E-state index in [4.69, 9.17) is 0 Å². The first kappa shape index (κ1) is 19.7. The van der Waals surface area contributed by atoms with Crippen LogP contribution in [-0.4, -0.2) is 60.8 Å². The van der Waals surface area contributed by atoms with E-state index in [-0.39, 0.29) is 23.4 Å². The van der Waals surface area contributed by atoms with Crippen LogP contribution in [0.4, 0.5) is 0 Å². The molecule has 160 valence electrons. The van der Waals surface area contributed by atoms with Crippen molar-refractivity contribution in [2.24, 2.45) is 7.05 Å². The van der Waals surface area contributed by atoms with Crippen LogP contribution < -0.4 is 5.56 Å². The van der Waals surface area contributed by atoms with Gasteiger partial charge < -0.3 is 14.4 Å². The number of carbonyl (C=O) groups is 2. The zero-order chi connectivity index (χ0) is 21.5. The number of rotatable bonds is 5. The van der Waals surface area contributed by atoms with Gasteiger partial charge in [0, 0.05) is 55.8 Å². The van der Waals surface area contributed by atoms with Crippen LogP contribution in [0.5, 0.6) is 0 Å². The third kappa shape index (κ3) is 3.67. The molecule has 2 saturated heterocycles. The van der Waals surface area contributed by atoms with E-state index in [0.717, 1.165) is 23.5 Å². The number of aryl methyl sites for hydroxylation is 1. The molecule has 2 aliphatic rings. The quantitative estimate of drug-likeness (QED) is 0.602. The van der Waals surface area contributed by atoms with E-state index in [1.165, 1.54) is 22.0 Å². The van der Waals surface area contributed by atoms with Crippen LogP contribution in [-0.2, 0) is 18.4 Å². The fraction of sp³-hybridized carbons (Fsp3) is 0.381. The van der Waals surface area contributed by atoms with Gasteiger partial charge in [0.25, 0.3) is 11.5 Å². The lowest BCUT2D eigenvalue weighted by Crippen LogP contribution is -2.51. The maximum Gasteiger partial charge on any atom is 0.256 e. The molecular weight excluding hydrogens is 416 g/mol. The molecule has 0 radical (unpaired) electrons. The minimum atomic E-state index is -0.145.